The monoisotopic (exact) mass is 232 g/mol. The van der Waals surface area contributed by atoms with Crippen molar-refractivity contribution < 1.29 is 4.74 Å². The van der Waals surface area contributed by atoms with Crippen LogP contribution in [0.2, 0.25) is 0 Å². The number of unbranched alkanes of at least 4 members (excludes halogenated alkanes) is 1. The van der Waals surface area contributed by atoms with Crippen molar-refractivity contribution in [1.29, 1.82) is 0 Å². The van der Waals surface area contributed by atoms with Crippen LogP contribution in [-0.4, -0.2) is 18.6 Å². The quantitative estimate of drug-likeness (QED) is 0.592. The van der Waals surface area contributed by atoms with Gasteiger partial charge in [-0.2, -0.15) is 0 Å². The van der Waals surface area contributed by atoms with E-state index in [9.17, 15) is 0 Å². The third-order valence-corrected chi connectivity index (χ3v) is 4.35. The molecule has 1 aliphatic heterocycles. The maximum absolute atomic E-state index is 6.18. The number of hydrogen-bond acceptors (Lipinski definition) is 1. The van der Waals surface area contributed by atoms with Crippen molar-refractivity contribution in [3.63, 3.8) is 0 Å². The average Bonchev–Trinajstić information content (AvgIpc) is 2.77. The van der Waals surface area contributed by atoms with Crippen LogP contribution in [0.3, 0.4) is 0 Å². The smallest absolute Gasteiger partial charge is 0.0581 e. The Balaban J connectivity index is 2.45. The van der Waals surface area contributed by atoms with Crippen LogP contribution in [0.1, 0.15) is 58.8 Å². The molecule has 1 rings (SSSR count). The van der Waals surface area contributed by atoms with E-state index >= 15 is 0 Å². The number of ether oxygens (including phenoxy) is 1. The predicted molar refractivity (Wildman–Crippen MR) is 66.6 cm³/mol. The maximum Gasteiger partial charge on any atom is 0.0581 e. The minimum absolute atomic E-state index is 0.340. The van der Waals surface area contributed by atoms with E-state index in [0.29, 0.717) is 11.5 Å². The molecule has 0 N–H and O–H groups in total. The summed E-state index contributed by atoms with van der Waals surface area (Å²) in [4.78, 5) is 0. The second-order valence-electron chi connectivity index (χ2n) is 4.93. The topological polar surface area (TPSA) is 9.23 Å². The Labute approximate surface area is 99.5 Å². The van der Waals surface area contributed by atoms with E-state index in [-0.39, 0.29) is 0 Å². The van der Waals surface area contributed by atoms with E-state index in [2.05, 4.69) is 13.8 Å². The molecule has 0 amide bonds. The molecule has 15 heavy (non-hydrogen) atoms. The molecule has 0 aromatic carbocycles. The van der Waals surface area contributed by atoms with Crippen LogP contribution < -0.4 is 0 Å². The molecule has 1 fully saturated rings. The molecule has 1 aliphatic rings. The standard InChI is InChI=1S/C13H25ClO/c1-3-5-8-13(4-2,11-14)10-12-7-6-9-15-12/h12H,3-11H2,1-2H3. The first kappa shape index (κ1) is 13.3. The lowest BCUT2D eigenvalue weighted by Gasteiger charge is -2.33. The molecule has 0 aromatic heterocycles. The summed E-state index contributed by atoms with van der Waals surface area (Å²) in [5, 5.41) is 0. The highest BCUT2D eigenvalue weighted by Crippen LogP contribution is 2.38. The van der Waals surface area contributed by atoms with Gasteiger partial charge in [-0.05, 0) is 37.5 Å². The first-order valence-corrected chi connectivity index (χ1v) is 6.97. The Kier molecular flexibility index (Phi) is 5.99. The minimum atomic E-state index is 0.340. The highest BCUT2D eigenvalue weighted by atomic mass is 35.5. The molecule has 2 heteroatoms. The predicted octanol–water partition coefficient (Wildman–Crippen LogP) is 4.38. The first-order chi connectivity index (χ1) is 7.26. The van der Waals surface area contributed by atoms with Gasteiger partial charge in [-0.1, -0.05) is 26.7 Å². The molecule has 0 spiro atoms. The second-order valence-corrected chi connectivity index (χ2v) is 5.20. The fourth-order valence-corrected chi connectivity index (χ4v) is 2.91. The van der Waals surface area contributed by atoms with Crippen molar-refractivity contribution in [2.75, 3.05) is 12.5 Å². The van der Waals surface area contributed by atoms with Crippen LogP contribution in [0, 0.1) is 5.41 Å². The van der Waals surface area contributed by atoms with Crippen LogP contribution in [0.15, 0.2) is 0 Å². The van der Waals surface area contributed by atoms with Crippen molar-refractivity contribution in [3.8, 4) is 0 Å². The van der Waals surface area contributed by atoms with E-state index in [1.807, 2.05) is 0 Å². The molecule has 0 aromatic rings. The maximum atomic E-state index is 6.18. The van der Waals surface area contributed by atoms with Gasteiger partial charge >= 0.3 is 0 Å². The van der Waals surface area contributed by atoms with Crippen molar-refractivity contribution in [1.82, 2.24) is 0 Å². The zero-order valence-corrected chi connectivity index (χ0v) is 11.0. The van der Waals surface area contributed by atoms with Crippen LogP contribution in [0.5, 0.6) is 0 Å². The van der Waals surface area contributed by atoms with Crippen molar-refractivity contribution in [2.24, 2.45) is 5.41 Å². The lowest BCUT2D eigenvalue weighted by atomic mass is 9.77. The van der Waals surface area contributed by atoms with E-state index in [1.165, 1.54) is 44.9 Å². The second kappa shape index (κ2) is 6.75. The largest absolute Gasteiger partial charge is 0.378 e. The van der Waals surface area contributed by atoms with Crippen LogP contribution >= 0.6 is 11.6 Å². The molecule has 90 valence electrons. The van der Waals surface area contributed by atoms with Gasteiger partial charge in [0.05, 0.1) is 6.10 Å². The fraction of sp³-hybridized carbons (Fsp3) is 1.00. The third-order valence-electron chi connectivity index (χ3n) is 3.78. The summed E-state index contributed by atoms with van der Waals surface area (Å²) in [6.45, 7) is 5.48. The highest BCUT2D eigenvalue weighted by Gasteiger charge is 2.31. The summed E-state index contributed by atoms with van der Waals surface area (Å²) >= 11 is 6.18. The summed E-state index contributed by atoms with van der Waals surface area (Å²) in [5.74, 6) is 0.795. The minimum Gasteiger partial charge on any atom is -0.378 e. The van der Waals surface area contributed by atoms with Crippen LogP contribution in [0.25, 0.3) is 0 Å². The van der Waals surface area contributed by atoms with Crippen molar-refractivity contribution in [3.05, 3.63) is 0 Å². The zero-order chi connectivity index (χ0) is 11.1. The molecule has 1 heterocycles. The van der Waals surface area contributed by atoms with Crippen molar-refractivity contribution in [2.45, 2.75) is 64.9 Å². The number of rotatable bonds is 7. The fourth-order valence-electron chi connectivity index (χ4n) is 2.48. The first-order valence-electron chi connectivity index (χ1n) is 6.44. The highest BCUT2D eigenvalue weighted by molar-refractivity contribution is 6.18. The molecule has 2 atom stereocenters. The molecule has 1 nitrogen and oxygen atoms in total. The molecule has 1 saturated heterocycles. The Morgan fingerprint density at radius 1 is 1.40 bits per heavy atom. The lowest BCUT2D eigenvalue weighted by molar-refractivity contribution is 0.0619. The van der Waals surface area contributed by atoms with Gasteiger partial charge < -0.3 is 4.74 Å². The van der Waals surface area contributed by atoms with Gasteiger partial charge in [-0.25, -0.2) is 0 Å². The van der Waals surface area contributed by atoms with Gasteiger partial charge in [-0.3, -0.25) is 0 Å². The molecule has 2 unspecified atom stereocenters. The Bertz CT molecular complexity index is 160. The molecule has 0 bridgehead atoms. The van der Waals surface area contributed by atoms with E-state index in [1.54, 1.807) is 0 Å². The van der Waals surface area contributed by atoms with Gasteiger partial charge in [0.1, 0.15) is 0 Å². The van der Waals surface area contributed by atoms with E-state index < -0.39 is 0 Å². The summed E-state index contributed by atoms with van der Waals surface area (Å²) < 4.78 is 5.73. The Hall–Kier alpha value is 0.250. The van der Waals surface area contributed by atoms with Crippen LogP contribution in [0.4, 0.5) is 0 Å². The summed E-state index contributed by atoms with van der Waals surface area (Å²) in [6, 6.07) is 0. The number of hydrogen-bond donors (Lipinski definition) is 0. The van der Waals surface area contributed by atoms with Gasteiger partial charge in [0.2, 0.25) is 0 Å². The Morgan fingerprint density at radius 2 is 2.20 bits per heavy atom. The van der Waals surface area contributed by atoms with Gasteiger partial charge in [0.15, 0.2) is 0 Å². The third kappa shape index (κ3) is 3.96. The molecular weight excluding hydrogens is 208 g/mol. The SMILES string of the molecule is CCCCC(CC)(CCl)CC1CCCO1. The van der Waals surface area contributed by atoms with Crippen molar-refractivity contribution >= 4 is 11.6 Å². The van der Waals surface area contributed by atoms with Gasteiger partial charge in [-0.15, -0.1) is 11.6 Å². The van der Waals surface area contributed by atoms with Crippen LogP contribution in [-0.2, 0) is 4.74 Å². The molecule has 0 aliphatic carbocycles. The normalized spacial score (nSPS) is 25.4. The van der Waals surface area contributed by atoms with E-state index in [4.69, 9.17) is 16.3 Å². The molecule has 0 saturated carbocycles. The average molecular weight is 233 g/mol. The molecular formula is C13H25ClO. The summed E-state index contributed by atoms with van der Waals surface area (Å²) in [6.07, 6.45) is 9.16. The number of alkyl halides is 1. The zero-order valence-electron chi connectivity index (χ0n) is 10.2. The Morgan fingerprint density at radius 3 is 2.67 bits per heavy atom. The van der Waals surface area contributed by atoms with E-state index in [0.717, 1.165) is 12.5 Å². The summed E-state index contributed by atoms with van der Waals surface area (Å²) in [5.41, 5.74) is 0.340. The summed E-state index contributed by atoms with van der Waals surface area (Å²) in [7, 11) is 0. The number of halogens is 1. The van der Waals surface area contributed by atoms with Gasteiger partial charge in [0.25, 0.3) is 0 Å². The lowest BCUT2D eigenvalue weighted by Crippen LogP contribution is -2.27. The molecule has 0 radical (unpaired) electrons. The van der Waals surface area contributed by atoms with Gasteiger partial charge in [0, 0.05) is 12.5 Å².